The largest absolute Gasteiger partial charge is 0.494 e. The van der Waals surface area contributed by atoms with Gasteiger partial charge in [-0.15, -0.1) is 0 Å². The van der Waals surface area contributed by atoms with Crippen LogP contribution in [0.2, 0.25) is 5.02 Å². The first-order valence-electron chi connectivity index (χ1n) is 9.69. The molecule has 4 rings (SSSR count). The van der Waals surface area contributed by atoms with Crippen molar-refractivity contribution in [2.45, 2.75) is 6.92 Å². The van der Waals surface area contributed by atoms with E-state index in [9.17, 15) is 4.79 Å². The van der Waals surface area contributed by atoms with Crippen LogP contribution in [0.3, 0.4) is 0 Å². The fourth-order valence-electron chi connectivity index (χ4n) is 3.40. The highest BCUT2D eigenvalue weighted by atomic mass is 35.5. The van der Waals surface area contributed by atoms with E-state index in [1.54, 1.807) is 30.1 Å². The van der Waals surface area contributed by atoms with Crippen LogP contribution in [0.25, 0.3) is 5.69 Å². The van der Waals surface area contributed by atoms with E-state index >= 15 is 0 Å². The van der Waals surface area contributed by atoms with Crippen molar-refractivity contribution in [3.63, 3.8) is 0 Å². The lowest BCUT2D eigenvalue weighted by Crippen LogP contribution is -2.32. The minimum Gasteiger partial charge on any atom is -0.494 e. The molecule has 30 heavy (non-hydrogen) atoms. The Bertz CT molecular complexity index is 1060. The Morgan fingerprint density at radius 3 is 2.67 bits per heavy atom. The summed E-state index contributed by atoms with van der Waals surface area (Å²) in [5.74, 6) is 2.60. The normalized spacial score (nSPS) is 13.9. The number of thioether (sulfide) groups is 1. The molecule has 1 aliphatic heterocycles. The van der Waals surface area contributed by atoms with Gasteiger partial charge in [-0.25, -0.2) is 4.68 Å². The van der Waals surface area contributed by atoms with Gasteiger partial charge in [0.15, 0.2) is 5.69 Å². The molecule has 6 nitrogen and oxygen atoms in total. The molecular weight excluding hydrogens is 420 g/mol. The van der Waals surface area contributed by atoms with Gasteiger partial charge < -0.3 is 15.0 Å². The van der Waals surface area contributed by atoms with E-state index in [2.05, 4.69) is 15.3 Å². The summed E-state index contributed by atoms with van der Waals surface area (Å²) >= 11 is 8.44. The SMILES string of the molecule is COc1ccc(C)cc1-n1ccc(C(=O)Nc2ccc(N3CCSCC3)c(Cl)c2)n1. The van der Waals surface area contributed by atoms with E-state index in [4.69, 9.17) is 16.3 Å². The van der Waals surface area contributed by atoms with Crippen LogP contribution in [0.1, 0.15) is 16.1 Å². The number of amides is 1. The lowest BCUT2D eigenvalue weighted by atomic mass is 10.2. The Hall–Kier alpha value is -2.64. The van der Waals surface area contributed by atoms with Crippen molar-refractivity contribution >= 4 is 40.6 Å². The molecule has 2 aromatic carbocycles. The number of hydrogen-bond donors (Lipinski definition) is 1. The summed E-state index contributed by atoms with van der Waals surface area (Å²) in [6.07, 6.45) is 1.75. The molecule has 1 saturated heterocycles. The number of methoxy groups -OCH3 is 1. The number of aryl methyl sites for hydroxylation is 1. The molecule has 8 heteroatoms. The van der Waals surface area contributed by atoms with Gasteiger partial charge in [-0.05, 0) is 48.9 Å². The quantitative estimate of drug-likeness (QED) is 0.623. The number of hydrogen-bond acceptors (Lipinski definition) is 5. The van der Waals surface area contributed by atoms with Gasteiger partial charge in [-0.2, -0.15) is 16.9 Å². The first kappa shape index (κ1) is 20.6. The van der Waals surface area contributed by atoms with E-state index in [1.165, 1.54) is 0 Å². The third-order valence-corrected chi connectivity index (χ3v) is 6.21. The van der Waals surface area contributed by atoms with Crippen molar-refractivity contribution < 1.29 is 9.53 Å². The Morgan fingerprint density at radius 1 is 1.13 bits per heavy atom. The van der Waals surface area contributed by atoms with Crippen LogP contribution in [0, 0.1) is 6.92 Å². The summed E-state index contributed by atoms with van der Waals surface area (Å²) in [4.78, 5) is 15.0. The molecule has 2 heterocycles. The van der Waals surface area contributed by atoms with Crippen LogP contribution in [0.4, 0.5) is 11.4 Å². The molecule has 1 aliphatic rings. The molecular formula is C22H23ClN4O2S. The number of carbonyl (C=O) groups excluding carboxylic acids is 1. The summed E-state index contributed by atoms with van der Waals surface area (Å²) in [5.41, 5.74) is 3.82. The number of anilines is 2. The number of nitrogens with zero attached hydrogens (tertiary/aromatic N) is 3. The Labute approximate surface area is 185 Å². The number of benzene rings is 2. The predicted molar refractivity (Wildman–Crippen MR) is 124 cm³/mol. The summed E-state index contributed by atoms with van der Waals surface area (Å²) in [7, 11) is 1.61. The van der Waals surface area contributed by atoms with Gasteiger partial charge in [0.2, 0.25) is 0 Å². The topological polar surface area (TPSA) is 59.4 Å². The van der Waals surface area contributed by atoms with Gasteiger partial charge in [0, 0.05) is 36.5 Å². The molecule has 0 aliphatic carbocycles. The fourth-order valence-corrected chi connectivity index (χ4v) is 4.60. The van der Waals surface area contributed by atoms with Crippen molar-refractivity contribution in [2.24, 2.45) is 0 Å². The number of aromatic nitrogens is 2. The maximum absolute atomic E-state index is 12.7. The molecule has 0 radical (unpaired) electrons. The van der Waals surface area contributed by atoms with Crippen molar-refractivity contribution in [3.8, 4) is 11.4 Å². The first-order valence-corrected chi connectivity index (χ1v) is 11.2. The highest BCUT2D eigenvalue weighted by Gasteiger charge is 2.16. The average Bonchev–Trinajstić information content (AvgIpc) is 3.25. The maximum atomic E-state index is 12.7. The summed E-state index contributed by atoms with van der Waals surface area (Å²) in [5, 5.41) is 7.94. The van der Waals surface area contributed by atoms with Gasteiger partial charge in [0.25, 0.3) is 5.91 Å². The Kier molecular flexibility index (Phi) is 6.20. The molecule has 156 valence electrons. The molecule has 0 bridgehead atoms. The highest BCUT2D eigenvalue weighted by molar-refractivity contribution is 7.99. The summed E-state index contributed by atoms with van der Waals surface area (Å²) in [6.45, 7) is 3.96. The lowest BCUT2D eigenvalue weighted by Gasteiger charge is -2.29. The summed E-state index contributed by atoms with van der Waals surface area (Å²) < 4.78 is 7.06. The zero-order valence-corrected chi connectivity index (χ0v) is 18.5. The zero-order valence-electron chi connectivity index (χ0n) is 16.9. The molecule has 0 atom stereocenters. The van der Waals surface area contributed by atoms with Gasteiger partial charge in [-0.1, -0.05) is 17.7 Å². The minimum atomic E-state index is -0.293. The molecule has 1 aromatic heterocycles. The van der Waals surface area contributed by atoms with Crippen molar-refractivity contribution in [1.29, 1.82) is 0 Å². The van der Waals surface area contributed by atoms with E-state index < -0.39 is 0 Å². The third-order valence-electron chi connectivity index (χ3n) is 4.96. The molecule has 1 N–H and O–H groups in total. The van der Waals surface area contributed by atoms with Crippen LogP contribution < -0.4 is 15.0 Å². The summed E-state index contributed by atoms with van der Waals surface area (Å²) in [6, 6.07) is 13.1. The van der Waals surface area contributed by atoms with Crippen molar-refractivity contribution in [2.75, 3.05) is 41.9 Å². The Morgan fingerprint density at radius 2 is 1.93 bits per heavy atom. The fraction of sp³-hybridized carbons (Fsp3) is 0.273. The number of ether oxygens (including phenoxy) is 1. The van der Waals surface area contributed by atoms with Crippen LogP contribution >= 0.6 is 23.4 Å². The Balaban J connectivity index is 1.50. The van der Waals surface area contributed by atoms with Crippen molar-refractivity contribution in [3.05, 3.63) is 64.9 Å². The monoisotopic (exact) mass is 442 g/mol. The minimum absolute atomic E-state index is 0.293. The number of rotatable bonds is 5. The third kappa shape index (κ3) is 4.42. The van der Waals surface area contributed by atoms with Gasteiger partial charge >= 0.3 is 0 Å². The second kappa shape index (κ2) is 9.02. The molecule has 0 saturated carbocycles. The maximum Gasteiger partial charge on any atom is 0.276 e. The molecule has 0 spiro atoms. The highest BCUT2D eigenvalue weighted by Crippen LogP contribution is 2.31. The van der Waals surface area contributed by atoms with E-state index in [0.717, 1.165) is 41.5 Å². The van der Waals surface area contributed by atoms with Crippen molar-refractivity contribution in [1.82, 2.24) is 9.78 Å². The smallest absolute Gasteiger partial charge is 0.276 e. The van der Waals surface area contributed by atoms with E-state index in [0.29, 0.717) is 22.2 Å². The second-order valence-electron chi connectivity index (χ2n) is 7.04. The zero-order chi connectivity index (χ0) is 21.1. The van der Waals surface area contributed by atoms with Gasteiger partial charge in [0.05, 0.1) is 17.8 Å². The first-order chi connectivity index (χ1) is 14.5. The number of halogens is 1. The predicted octanol–water partition coefficient (Wildman–Crippen LogP) is 4.65. The van der Waals surface area contributed by atoms with Crippen LogP contribution in [0.5, 0.6) is 5.75 Å². The standard InChI is InChI=1S/C22H23ClN4O2S/c1-15-3-6-21(29-2)20(13-15)27-8-7-18(25-27)22(28)24-16-4-5-19(17(23)14-16)26-9-11-30-12-10-26/h3-8,13-14H,9-12H2,1-2H3,(H,24,28). The van der Waals surface area contributed by atoms with Crippen LogP contribution in [-0.2, 0) is 0 Å². The average molecular weight is 443 g/mol. The number of nitrogens with one attached hydrogen (secondary N) is 1. The number of carbonyl (C=O) groups is 1. The molecule has 0 unspecified atom stereocenters. The van der Waals surface area contributed by atoms with E-state index in [1.807, 2.05) is 49.0 Å². The van der Waals surface area contributed by atoms with Gasteiger partial charge in [-0.3, -0.25) is 4.79 Å². The van der Waals surface area contributed by atoms with Crippen LogP contribution in [0.15, 0.2) is 48.7 Å². The van der Waals surface area contributed by atoms with E-state index in [-0.39, 0.29) is 5.91 Å². The van der Waals surface area contributed by atoms with Crippen LogP contribution in [-0.4, -0.2) is 47.4 Å². The van der Waals surface area contributed by atoms with Gasteiger partial charge in [0.1, 0.15) is 11.4 Å². The second-order valence-corrected chi connectivity index (χ2v) is 8.67. The lowest BCUT2D eigenvalue weighted by molar-refractivity contribution is 0.102. The molecule has 1 fully saturated rings. The molecule has 3 aromatic rings. The molecule has 1 amide bonds.